The van der Waals surface area contributed by atoms with E-state index in [2.05, 4.69) is 25.2 Å². The van der Waals surface area contributed by atoms with E-state index in [1.165, 1.54) is 6.42 Å². The summed E-state index contributed by atoms with van der Waals surface area (Å²) in [5.74, 6) is 1.62. The highest BCUT2D eigenvalue weighted by Gasteiger charge is 2.24. The van der Waals surface area contributed by atoms with Crippen molar-refractivity contribution in [2.45, 2.75) is 13.3 Å². The van der Waals surface area contributed by atoms with Gasteiger partial charge < -0.3 is 0 Å². The highest BCUT2D eigenvalue weighted by Crippen LogP contribution is 2.37. The molecule has 2 bridgehead atoms. The van der Waals surface area contributed by atoms with Crippen LogP contribution < -0.4 is 0 Å². The monoisotopic (exact) mass is 106 g/mol. The molecule has 2 aliphatic rings. The quantitative estimate of drug-likeness (QED) is 0.415. The normalized spacial score (nSPS) is 40.9. The number of rotatable bonds is 0. The molecule has 0 saturated heterocycles. The Balaban J connectivity index is 2.36. The van der Waals surface area contributed by atoms with E-state index < -0.39 is 0 Å². The lowest BCUT2D eigenvalue weighted by atomic mass is 10.1. The van der Waals surface area contributed by atoms with Gasteiger partial charge in [0.1, 0.15) is 0 Å². The molecular formula is C8H10. The van der Waals surface area contributed by atoms with Gasteiger partial charge in [0.25, 0.3) is 0 Å². The molecule has 0 fully saturated rings. The van der Waals surface area contributed by atoms with Gasteiger partial charge in [-0.15, -0.1) is 0 Å². The molecule has 2 aliphatic carbocycles. The lowest BCUT2D eigenvalue weighted by Gasteiger charge is -1.99. The molecule has 0 aromatic rings. The first-order valence-electron chi connectivity index (χ1n) is 3.23. The summed E-state index contributed by atoms with van der Waals surface area (Å²) in [5, 5.41) is 0. The summed E-state index contributed by atoms with van der Waals surface area (Å²) in [6, 6.07) is 0. The van der Waals surface area contributed by atoms with Gasteiger partial charge in [-0.3, -0.25) is 0 Å². The van der Waals surface area contributed by atoms with Crippen molar-refractivity contribution in [3.8, 4) is 0 Å². The van der Waals surface area contributed by atoms with Gasteiger partial charge >= 0.3 is 0 Å². The number of hydrogen-bond acceptors (Lipinski definition) is 0. The van der Waals surface area contributed by atoms with Gasteiger partial charge in [0.15, 0.2) is 0 Å². The molecule has 0 radical (unpaired) electrons. The second kappa shape index (κ2) is 1.25. The van der Waals surface area contributed by atoms with E-state index in [0.29, 0.717) is 0 Å². The maximum Gasteiger partial charge on any atom is -0.00170 e. The Bertz CT molecular complexity index is 163. The Morgan fingerprint density at radius 1 is 1.50 bits per heavy atom. The smallest absolute Gasteiger partial charge is 0.00170 e. The van der Waals surface area contributed by atoms with E-state index in [1.807, 2.05) is 0 Å². The van der Waals surface area contributed by atoms with Crippen molar-refractivity contribution in [1.82, 2.24) is 0 Å². The average Bonchev–Trinajstić information content (AvgIpc) is 2.23. The predicted molar refractivity (Wildman–Crippen MR) is 34.5 cm³/mol. The second-order valence-electron chi connectivity index (χ2n) is 2.80. The molecule has 0 unspecified atom stereocenters. The topological polar surface area (TPSA) is 0 Å². The van der Waals surface area contributed by atoms with Crippen molar-refractivity contribution in [2.24, 2.45) is 11.8 Å². The zero-order valence-corrected chi connectivity index (χ0v) is 5.09. The Kier molecular flexibility index (Phi) is 0.682. The van der Waals surface area contributed by atoms with Crippen molar-refractivity contribution in [1.29, 1.82) is 0 Å². The Hall–Kier alpha value is -0.520. The van der Waals surface area contributed by atoms with Crippen molar-refractivity contribution < 1.29 is 0 Å². The molecule has 0 heteroatoms. The first-order chi connectivity index (χ1) is 3.86. The van der Waals surface area contributed by atoms with Crippen LogP contribution >= 0.6 is 0 Å². The van der Waals surface area contributed by atoms with E-state index in [1.54, 1.807) is 5.57 Å². The fourth-order valence-corrected chi connectivity index (χ4v) is 1.65. The molecule has 0 heterocycles. The molecule has 0 aromatic heterocycles. The van der Waals surface area contributed by atoms with Gasteiger partial charge in [-0.1, -0.05) is 23.8 Å². The number of fused-ring (bicyclic) bond motifs is 2. The standard InChI is InChI=1S/C8H10/c1-6-4-7-2-3-8(6)5-7/h2-4,7-8H,5H2,1H3/t7-,8-/m1/s1. The minimum Gasteiger partial charge on any atom is -0.0810 e. The summed E-state index contributed by atoms with van der Waals surface area (Å²) in [5.41, 5.74) is 1.58. The first-order valence-corrected chi connectivity index (χ1v) is 3.23. The van der Waals surface area contributed by atoms with E-state index in [9.17, 15) is 0 Å². The van der Waals surface area contributed by atoms with Crippen LogP contribution in [0.4, 0.5) is 0 Å². The maximum absolute atomic E-state index is 2.38. The van der Waals surface area contributed by atoms with E-state index >= 15 is 0 Å². The minimum absolute atomic E-state index is 0.806. The molecule has 2 rings (SSSR count). The van der Waals surface area contributed by atoms with Crippen molar-refractivity contribution in [2.75, 3.05) is 0 Å². The van der Waals surface area contributed by atoms with Gasteiger partial charge in [-0.2, -0.15) is 0 Å². The van der Waals surface area contributed by atoms with Crippen molar-refractivity contribution in [3.63, 3.8) is 0 Å². The molecule has 42 valence electrons. The van der Waals surface area contributed by atoms with Crippen molar-refractivity contribution >= 4 is 0 Å². The van der Waals surface area contributed by atoms with Crippen LogP contribution in [0.2, 0.25) is 0 Å². The van der Waals surface area contributed by atoms with Crippen LogP contribution in [0.25, 0.3) is 0 Å². The zero-order chi connectivity index (χ0) is 5.56. The molecule has 0 amide bonds. The van der Waals surface area contributed by atoms with Gasteiger partial charge in [-0.05, 0) is 25.2 Å². The van der Waals surface area contributed by atoms with Gasteiger partial charge in [0.2, 0.25) is 0 Å². The minimum atomic E-state index is 0.806. The third-order valence-electron chi connectivity index (χ3n) is 2.18. The summed E-state index contributed by atoms with van der Waals surface area (Å²) in [6.45, 7) is 2.23. The van der Waals surface area contributed by atoms with Gasteiger partial charge in [0.05, 0.1) is 0 Å². The average molecular weight is 106 g/mol. The van der Waals surface area contributed by atoms with Crippen LogP contribution in [0.3, 0.4) is 0 Å². The molecule has 0 nitrogen and oxygen atoms in total. The van der Waals surface area contributed by atoms with Crippen LogP contribution in [0.5, 0.6) is 0 Å². The number of hydrogen-bond donors (Lipinski definition) is 0. The van der Waals surface area contributed by atoms with Crippen LogP contribution in [-0.4, -0.2) is 0 Å². The largest absolute Gasteiger partial charge is 0.0810 e. The molecule has 0 N–H and O–H groups in total. The molecule has 8 heavy (non-hydrogen) atoms. The lowest BCUT2D eigenvalue weighted by molar-refractivity contribution is 0.714. The summed E-state index contributed by atoms with van der Waals surface area (Å²) >= 11 is 0. The van der Waals surface area contributed by atoms with Crippen LogP contribution in [0, 0.1) is 11.8 Å². The molecular weight excluding hydrogens is 96.1 g/mol. The third-order valence-corrected chi connectivity index (χ3v) is 2.18. The summed E-state index contributed by atoms with van der Waals surface area (Å²) in [6.07, 6.45) is 8.40. The SMILES string of the molecule is CC1=C[C@H]2C=C[C@@H]1C2. The lowest BCUT2D eigenvalue weighted by Crippen LogP contribution is -1.86. The summed E-state index contributed by atoms with van der Waals surface area (Å²) in [7, 11) is 0. The molecule has 0 aliphatic heterocycles. The van der Waals surface area contributed by atoms with Gasteiger partial charge in [-0.25, -0.2) is 0 Å². The Morgan fingerprint density at radius 2 is 2.38 bits per heavy atom. The molecule has 0 saturated carbocycles. The van der Waals surface area contributed by atoms with E-state index in [-0.39, 0.29) is 0 Å². The third kappa shape index (κ3) is 0.405. The summed E-state index contributed by atoms with van der Waals surface area (Å²) in [4.78, 5) is 0. The van der Waals surface area contributed by atoms with Crippen LogP contribution in [0.15, 0.2) is 23.8 Å². The first kappa shape index (κ1) is 4.37. The Labute approximate surface area is 49.9 Å². The van der Waals surface area contributed by atoms with Gasteiger partial charge in [0, 0.05) is 0 Å². The fourth-order valence-electron chi connectivity index (χ4n) is 1.65. The zero-order valence-electron chi connectivity index (χ0n) is 5.09. The van der Waals surface area contributed by atoms with Crippen molar-refractivity contribution in [3.05, 3.63) is 23.8 Å². The second-order valence-corrected chi connectivity index (χ2v) is 2.80. The molecule has 2 atom stereocenters. The number of allylic oxidation sites excluding steroid dienone is 4. The fraction of sp³-hybridized carbons (Fsp3) is 0.500. The van der Waals surface area contributed by atoms with E-state index in [0.717, 1.165) is 11.8 Å². The molecule has 0 aromatic carbocycles. The maximum atomic E-state index is 2.38. The highest BCUT2D eigenvalue weighted by molar-refractivity contribution is 5.28. The van der Waals surface area contributed by atoms with Crippen LogP contribution in [-0.2, 0) is 0 Å². The Morgan fingerprint density at radius 3 is 2.62 bits per heavy atom. The van der Waals surface area contributed by atoms with Crippen LogP contribution in [0.1, 0.15) is 13.3 Å². The summed E-state index contributed by atoms with van der Waals surface area (Å²) < 4.78 is 0. The highest BCUT2D eigenvalue weighted by atomic mass is 14.3. The molecule has 0 spiro atoms. The predicted octanol–water partition coefficient (Wildman–Crippen LogP) is 2.14. The van der Waals surface area contributed by atoms with E-state index in [4.69, 9.17) is 0 Å².